The first-order chi connectivity index (χ1) is 8.70. The highest BCUT2D eigenvalue weighted by atomic mass is 32.2. The largest absolute Gasteiger partial charge is 0.312 e. The maximum absolute atomic E-state index is 3.46. The van der Waals surface area contributed by atoms with E-state index in [1.807, 2.05) is 11.8 Å². The Hall–Kier alpha value is -0.470. The Balaban J connectivity index is 2.04. The van der Waals surface area contributed by atoms with Crippen LogP contribution in [0.5, 0.6) is 0 Å². The molecule has 0 spiro atoms. The third kappa shape index (κ3) is 3.52. The van der Waals surface area contributed by atoms with Crippen molar-refractivity contribution >= 4 is 11.8 Å². The second kappa shape index (κ2) is 6.63. The van der Waals surface area contributed by atoms with Crippen molar-refractivity contribution in [1.29, 1.82) is 0 Å². The van der Waals surface area contributed by atoms with Gasteiger partial charge in [-0.2, -0.15) is 11.8 Å². The summed E-state index contributed by atoms with van der Waals surface area (Å²) in [5, 5.41) is 4.16. The molecule has 0 amide bonds. The van der Waals surface area contributed by atoms with Gasteiger partial charge in [0, 0.05) is 11.8 Å². The predicted molar refractivity (Wildman–Crippen MR) is 82.4 cm³/mol. The lowest BCUT2D eigenvalue weighted by molar-refractivity contribution is 0.419. The highest BCUT2D eigenvalue weighted by molar-refractivity contribution is 7.99. The van der Waals surface area contributed by atoms with E-state index in [0.717, 1.165) is 11.7 Å². The van der Waals surface area contributed by atoms with Gasteiger partial charge in [-0.1, -0.05) is 44.5 Å². The molecule has 1 aliphatic rings. The zero-order valence-corrected chi connectivity index (χ0v) is 12.6. The van der Waals surface area contributed by atoms with Crippen LogP contribution in [0.3, 0.4) is 0 Å². The van der Waals surface area contributed by atoms with Gasteiger partial charge in [0.25, 0.3) is 0 Å². The van der Waals surface area contributed by atoms with Crippen LogP contribution >= 0.6 is 11.8 Å². The summed E-state index contributed by atoms with van der Waals surface area (Å²) in [6.07, 6.45) is 4.18. The Morgan fingerprint density at radius 1 is 1.33 bits per heavy atom. The van der Waals surface area contributed by atoms with Crippen LogP contribution < -0.4 is 5.32 Å². The van der Waals surface area contributed by atoms with Gasteiger partial charge in [-0.15, -0.1) is 0 Å². The molecule has 1 atom stereocenters. The molecule has 1 aromatic carbocycles. The van der Waals surface area contributed by atoms with E-state index >= 15 is 0 Å². The van der Waals surface area contributed by atoms with Crippen molar-refractivity contribution in [2.75, 3.05) is 12.8 Å². The standard InChI is InChI=1S/C16H25NS/c1-12(2)18-11-16(17-3)15-9-5-8-14(10-15)13-6-4-7-13/h5,8-10,12-13,16-17H,4,6-7,11H2,1-3H3. The molecule has 18 heavy (non-hydrogen) atoms. The summed E-state index contributed by atoms with van der Waals surface area (Å²) >= 11 is 2.03. The Morgan fingerprint density at radius 2 is 2.11 bits per heavy atom. The van der Waals surface area contributed by atoms with E-state index in [2.05, 4.69) is 50.5 Å². The molecule has 100 valence electrons. The summed E-state index contributed by atoms with van der Waals surface area (Å²) in [6.45, 7) is 4.53. The van der Waals surface area contributed by atoms with Crippen LogP contribution in [0.25, 0.3) is 0 Å². The molecule has 1 unspecified atom stereocenters. The Bertz CT molecular complexity index is 371. The van der Waals surface area contributed by atoms with Crippen LogP contribution in [0, 0.1) is 0 Å². The molecular formula is C16H25NS. The van der Waals surface area contributed by atoms with Crippen LogP contribution in [-0.4, -0.2) is 18.1 Å². The van der Waals surface area contributed by atoms with Crippen molar-refractivity contribution < 1.29 is 0 Å². The molecule has 1 N–H and O–H groups in total. The molecule has 0 bridgehead atoms. The maximum atomic E-state index is 3.46. The zero-order chi connectivity index (χ0) is 13.0. The van der Waals surface area contributed by atoms with Crippen molar-refractivity contribution in [3.8, 4) is 0 Å². The lowest BCUT2D eigenvalue weighted by Gasteiger charge is -2.27. The lowest BCUT2D eigenvalue weighted by Crippen LogP contribution is -2.20. The Morgan fingerprint density at radius 3 is 2.67 bits per heavy atom. The fourth-order valence-corrected chi connectivity index (χ4v) is 3.34. The fourth-order valence-electron chi connectivity index (χ4n) is 2.41. The first kappa shape index (κ1) is 14.0. The SMILES string of the molecule is CNC(CSC(C)C)c1cccc(C2CCC2)c1. The minimum Gasteiger partial charge on any atom is -0.312 e. The molecule has 1 aromatic rings. The zero-order valence-electron chi connectivity index (χ0n) is 11.8. The molecule has 1 nitrogen and oxygen atoms in total. The number of rotatable bonds is 6. The highest BCUT2D eigenvalue weighted by Gasteiger charge is 2.20. The van der Waals surface area contributed by atoms with E-state index in [1.165, 1.54) is 24.8 Å². The third-order valence-electron chi connectivity index (χ3n) is 3.83. The topological polar surface area (TPSA) is 12.0 Å². The number of benzene rings is 1. The first-order valence-electron chi connectivity index (χ1n) is 7.09. The van der Waals surface area contributed by atoms with Gasteiger partial charge >= 0.3 is 0 Å². The quantitative estimate of drug-likeness (QED) is 0.818. The van der Waals surface area contributed by atoms with Crippen molar-refractivity contribution in [1.82, 2.24) is 5.32 Å². The Labute approximate surface area is 116 Å². The van der Waals surface area contributed by atoms with Gasteiger partial charge in [-0.3, -0.25) is 0 Å². The molecule has 1 saturated carbocycles. The van der Waals surface area contributed by atoms with E-state index < -0.39 is 0 Å². The highest BCUT2D eigenvalue weighted by Crippen LogP contribution is 2.37. The molecule has 1 aliphatic carbocycles. The maximum Gasteiger partial charge on any atom is 0.0409 e. The molecule has 0 saturated heterocycles. The number of hydrogen-bond acceptors (Lipinski definition) is 2. The summed E-state index contributed by atoms with van der Waals surface area (Å²) in [7, 11) is 2.07. The van der Waals surface area contributed by atoms with Gasteiger partial charge in [0.2, 0.25) is 0 Å². The molecular weight excluding hydrogens is 238 g/mol. The van der Waals surface area contributed by atoms with E-state index in [1.54, 1.807) is 5.56 Å². The van der Waals surface area contributed by atoms with E-state index in [4.69, 9.17) is 0 Å². The molecule has 1 fully saturated rings. The second-order valence-electron chi connectivity index (χ2n) is 5.52. The van der Waals surface area contributed by atoms with Crippen LogP contribution in [0.15, 0.2) is 24.3 Å². The van der Waals surface area contributed by atoms with Crippen LogP contribution in [0.2, 0.25) is 0 Å². The van der Waals surface area contributed by atoms with E-state index in [9.17, 15) is 0 Å². The number of thioether (sulfide) groups is 1. The van der Waals surface area contributed by atoms with Crippen LogP contribution in [0.4, 0.5) is 0 Å². The number of nitrogens with one attached hydrogen (secondary N) is 1. The third-order valence-corrected chi connectivity index (χ3v) is 5.03. The molecule has 0 aromatic heterocycles. The van der Waals surface area contributed by atoms with Crippen LogP contribution in [0.1, 0.15) is 56.2 Å². The van der Waals surface area contributed by atoms with Crippen molar-refractivity contribution in [2.24, 2.45) is 0 Å². The molecule has 2 rings (SSSR count). The second-order valence-corrected chi connectivity index (χ2v) is 7.13. The minimum absolute atomic E-state index is 0.484. The van der Waals surface area contributed by atoms with Crippen molar-refractivity contribution in [3.05, 3.63) is 35.4 Å². The van der Waals surface area contributed by atoms with Gasteiger partial charge < -0.3 is 5.32 Å². The van der Waals surface area contributed by atoms with Gasteiger partial charge in [0.05, 0.1) is 0 Å². The Kier molecular flexibility index (Phi) is 5.13. The van der Waals surface area contributed by atoms with Gasteiger partial charge in [0.1, 0.15) is 0 Å². The first-order valence-corrected chi connectivity index (χ1v) is 8.14. The number of hydrogen-bond donors (Lipinski definition) is 1. The average molecular weight is 263 g/mol. The summed E-state index contributed by atoms with van der Waals surface area (Å²) in [4.78, 5) is 0. The predicted octanol–water partition coefficient (Wildman–Crippen LogP) is 4.36. The molecule has 0 radical (unpaired) electrons. The van der Waals surface area contributed by atoms with Gasteiger partial charge in [0.15, 0.2) is 0 Å². The van der Waals surface area contributed by atoms with Crippen LogP contribution in [-0.2, 0) is 0 Å². The van der Waals surface area contributed by atoms with Gasteiger partial charge in [-0.25, -0.2) is 0 Å². The molecule has 0 heterocycles. The lowest BCUT2D eigenvalue weighted by atomic mass is 9.79. The molecule has 0 aliphatic heterocycles. The van der Waals surface area contributed by atoms with E-state index in [0.29, 0.717) is 11.3 Å². The summed E-state index contributed by atoms with van der Waals surface area (Å²) in [5.74, 6) is 1.99. The van der Waals surface area contributed by atoms with E-state index in [-0.39, 0.29) is 0 Å². The monoisotopic (exact) mass is 263 g/mol. The average Bonchev–Trinajstić information content (AvgIpc) is 2.28. The summed E-state index contributed by atoms with van der Waals surface area (Å²) in [5.41, 5.74) is 3.00. The van der Waals surface area contributed by atoms with Gasteiger partial charge in [-0.05, 0) is 42.2 Å². The summed E-state index contributed by atoms with van der Waals surface area (Å²) in [6, 6.07) is 9.71. The van der Waals surface area contributed by atoms with Crippen molar-refractivity contribution in [3.63, 3.8) is 0 Å². The smallest absolute Gasteiger partial charge is 0.0409 e. The fraction of sp³-hybridized carbons (Fsp3) is 0.625. The molecule has 2 heteroatoms. The minimum atomic E-state index is 0.484. The normalized spacial score (nSPS) is 17.8. The van der Waals surface area contributed by atoms with Crippen molar-refractivity contribution in [2.45, 2.75) is 50.3 Å². The summed E-state index contributed by atoms with van der Waals surface area (Å²) < 4.78 is 0.